The molecule has 22 heavy (non-hydrogen) atoms. The molecule has 1 rings (SSSR count). The molecule has 0 aromatic carbocycles. The van der Waals surface area contributed by atoms with Gasteiger partial charge in [0.25, 0.3) is 0 Å². The van der Waals surface area contributed by atoms with Crippen LogP contribution in [-0.4, -0.2) is 29.8 Å². The number of aliphatic hydroxyl groups is 1. The second-order valence-corrected chi connectivity index (χ2v) is 5.44. The largest absolute Gasteiger partial charge is 0.464 e. The third kappa shape index (κ3) is 6.56. The van der Waals surface area contributed by atoms with E-state index in [1.165, 1.54) is 0 Å². The van der Waals surface area contributed by atoms with Crippen LogP contribution < -0.4 is 10.6 Å². The minimum Gasteiger partial charge on any atom is -0.464 e. The van der Waals surface area contributed by atoms with Crippen LogP contribution in [0.3, 0.4) is 0 Å². The van der Waals surface area contributed by atoms with Crippen LogP contribution >= 0.6 is 24.0 Å². The molecule has 1 aromatic heterocycles. The van der Waals surface area contributed by atoms with E-state index in [0.29, 0.717) is 25.3 Å². The molecule has 6 heteroatoms. The Morgan fingerprint density at radius 1 is 1.32 bits per heavy atom. The van der Waals surface area contributed by atoms with Gasteiger partial charge in [-0.2, -0.15) is 0 Å². The Morgan fingerprint density at radius 3 is 2.41 bits per heavy atom. The molecule has 5 nitrogen and oxygen atoms in total. The average Bonchev–Trinajstić information content (AvgIpc) is 2.91. The maximum Gasteiger partial charge on any atom is 0.191 e. The van der Waals surface area contributed by atoms with E-state index >= 15 is 0 Å². The van der Waals surface area contributed by atoms with Gasteiger partial charge in [-0.05, 0) is 45.7 Å². The van der Waals surface area contributed by atoms with E-state index in [0.717, 1.165) is 18.1 Å². The molecule has 1 unspecified atom stereocenters. The van der Waals surface area contributed by atoms with Crippen molar-refractivity contribution in [3.63, 3.8) is 0 Å². The zero-order chi connectivity index (χ0) is 15.9. The van der Waals surface area contributed by atoms with Gasteiger partial charge >= 0.3 is 0 Å². The zero-order valence-corrected chi connectivity index (χ0v) is 16.6. The minimum atomic E-state index is -0.729. The molecule has 0 saturated heterocycles. The van der Waals surface area contributed by atoms with Gasteiger partial charge in [0, 0.05) is 6.54 Å². The molecule has 0 aliphatic heterocycles. The summed E-state index contributed by atoms with van der Waals surface area (Å²) in [7, 11) is 0. The predicted octanol–water partition coefficient (Wildman–Crippen LogP) is 3.37. The molecule has 1 atom stereocenters. The summed E-state index contributed by atoms with van der Waals surface area (Å²) in [5.74, 6) is 2.46. The zero-order valence-electron chi connectivity index (χ0n) is 14.3. The van der Waals surface area contributed by atoms with Gasteiger partial charge in [0.2, 0.25) is 0 Å². The van der Waals surface area contributed by atoms with E-state index in [-0.39, 0.29) is 30.0 Å². The molecule has 128 valence electrons. The van der Waals surface area contributed by atoms with Crippen molar-refractivity contribution in [3.8, 4) is 0 Å². The van der Waals surface area contributed by atoms with Crippen molar-refractivity contribution in [2.24, 2.45) is 4.99 Å². The first-order valence-corrected chi connectivity index (χ1v) is 7.77. The van der Waals surface area contributed by atoms with E-state index in [2.05, 4.69) is 15.6 Å². The monoisotopic (exact) mass is 423 g/mol. The molecule has 1 heterocycles. The van der Waals surface area contributed by atoms with Crippen molar-refractivity contribution in [2.75, 3.05) is 13.1 Å². The Bertz CT molecular complexity index is 456. The van der Waals surface area contributed by atoms with Crippen LogP contribution in [0.4, 0.5) is 0 Å². The predicted molar refractivity (Wildman–Crippen MR) is 102 cm³/mol. The number of nitrogens with zero attached hydrogens (tertiary/aromatic N) is 1. The summed E-state index contributed by atoms with van der Waals surface area (Å²) >= 11 is 0. The summed E-state index contributed by atoms with van der Waals surface area (Å²) in [6.07, 6.45) is 1.39. The Hall–Kier alpha value is -0.760. The van der Waals surface area contributed by atoms with Crippen LogP contribution in [-0.2, 0) is 0 Å². The third-order valence-corrected chi connectivity index (χ3v) is 3.73. The Morgan fingerprint density at radius 2 is 1.95 bits per heavy atom. The highest BCUT2D eigenvalue weighted by Crippen LogP contribution is 2.16. The maximum atomic E-state index is 10.3. The van der Waals surface area contributed by atoms with Crippen LogP contribution in [0.1, 0.15) is 58.1 Å². The Balaban J connectivity index is 0.00000441. The molecule has 0 radical (unpaired) electrons. The van der Waals surface area contributed by atoms with Crippen LogP contribution in [0.15, 0.2) is 21.5 Å². The summed E-state index contributed by atoms with van der Waals surface area (Å²) in [6.45, 7) is 11.1. The molecule has 1 aromatic rings. The fourth-order valence-corrected chi connectivity index (χ4v) is 1.98. The fraction of sp³-hybridized carbons (Fsp3) is 0.688. The van der Waals surface area contributed by atoms with E-state index < -0.39 is 5.60 Å². The topological polar surface area (TPSA) is 69.8 Å². The standard InChI is InChI=1S/C16H29N3O2.HI/c1-6-16(20,7-2)11-18-15(17-8-3)19-13(5)14-10-9-12(4)21-14;/h9-10,13,20H,6-8,11H2,1-5H3,(H2,17,18,19);1H. The van der Waals surface area contributed by atoms with Gasteiger partial charge in [0.05, 0.1) is 18.2 Å². The van der Waals surface area contributed by atoms with Crippen LogP contribution in [0.5, 0.6) is 0 Å². The van der Waals surface area contributed by atoms with Crippen molar-refractivity contribution >= 4 is 29.9 Å². The first kappa shape index (κ1) is 21.2. The van der Waals surface area contributed by atoms with Crippen LogP contribution in [0, 0.1) is 6.92 Å². The van der Waals surface area contributed by atoms with Gasteiger partial charge in [0.1, 0.15) is 11.5 Å². The summed E-state index contributed by atoms with van der Waals surface area (Å²) < 4.78 is 5.62. The number of nitrogens with one attached hydrogen (secondary N) is 2. The van der Waals surface area contributed by atoms with Crippen molar-refractivity contribution in [2.45, 2.75) is 59.1 Å². The molecule has 0 saturated carbocycles. The second-order valence-electron chi connectivity index (χ2n) is 5.44. The lowest BCUT2D eigenvalue weighted by Gasteiger charge is -2.24. The molecule has 3 N–H and O–H groups in total. The molecule has 0 spiro atoms. The fourth-order valence-electron chi connectivity index (χ4n) is 1.98. The van der Waals surface area contributed by atoms with Crippen molar-refractivity contribution < 1.29 is 9.52 Å². The Kier molecular flexibility index (Phi) is 9.75. The number of hydrogen-bond donors (Lipinski definition) is 3. The molecule has 0 aliphatic carbocycles. The number of furan rings is 1. The summed E-state index contributed by atoms with van der Waals surface area (Å²) in [5.41, 5.74) is -0.729. The van der Waals surface area contributed by atoms with E-state index in [9.17, 15) is 5.11 Å². The van der Waals surface area contributed by atoms with Gasteiger partial charge in [-0.15, -0.1) is 24.0 Å². The quantitative estimate of drug-likeness (QED) is 0.357. The highest BCUT2D eigenvalue weighted by atomic mass is 127. The molecule has 0 amide bonds. The lowest BCUT2D eigenvalue weighted by atomic mass is 9.98. The molecule has 0 bridgehead atoms. The van der Waals surface area contributed by atoms with Gasteiger partial charge in [-0.3, -0.25) is 4.99 Å². The van der Waals surface area contributed by atoms with Crippen molar-refractivity contribution in [3.05, 3.63) is 23.7 Å². The highest BCUT2D eigenvalue weighted by Gasteiger charge is 2.22. The number of aryl methyl sites for hydroxylation is 1. The lowest BCUT2D eigenvalue weighted by molar-refractivity contribution is 0.0417. The average molecular weight is 423 g/mol. The summed E-state index contributed by atoms with van der Waals surface area (Å²) in [6, 6.07) is 3.93. The smallest absolute Gasteiger partial charge is 0.191 e. The van der Waals surface area contributed by atoms with E-state index in [4.69, 9.17) is 4.42 Å². The number of guanidine groups is 1. The number of halogens is 1. The van der Waals surface area contributed by atoms with Crippen molar-refractivity contribution in [1.82, 2.24) is 10.6 Å². The lowest BCUT2D eigenvalue weighted by Crippen LogP contribution is -2.40. The van der Waals surface area contributed by atoms with E-state index in [1.807, 2.05) is 46.8 Å². The Labute approximate surface area is 151 Å². The molecule has 0 aliphatic rings. The van der Waals surface area contributed by atoms with Gasteiger partial charge in [-0.1, -0.05) is 13.8 Å². The first-order chi connectivity index (χ1) is 9.94. The second kappa shape index (κ2) is 10.1. The van der Waals surface area contributed by atoms with Gasteiger partial charge in [0.15, 0.2) is 5.96 Å². The molecule has 0 fully saturated rings. The van der Waals surface area contributed by atoms with Crippen LogP contribution in [0.25, 0.3) is 0 Å². The summed E-state index contributed by atoms with van der Waals surface area (Å²) in [4.78, 5) is 4.50. The third-order valence-electron chi connectivity index (χ3n) is 3.73. The van der Waals surface area contributed by atoms with Crippen molar-refractivity contribution in [1.29, 1.82) is 0 Å². The normalized spacial score (nSPS) is 13.5. The first-order valence-electron chi connectivity index (χ1n) is 7.77. The van der Waals surface area contributed by atoms with E-state index in [1.54, 1.807) is 0 Å². The van der Waals surface area contributed by atoms with Crippen LogP contribution in [0.2, 0.25) is 0 Å². The van der Waals surface area contributed by atoms with Gasteiger partial charge in [-0.25, -0.2) is 0 Å². The number of hydrogen-bond acceptors (Lipinski definition) is 3. The van der Waals surface area contributed by atoms with Gasteiger partial charge < -0.3 is 20.2 Å². The maximum absolute atomic E-state index is 10.3. The minimum absolute atomic E-state index is 0. The SMILES string of the molecule is CCNC(=NCC(O)(CC)CC)NC(C)c1ccc(C)o1.I. The summed E-state index contributed by atoms with van der Waals surface area (Å²) in [5, 5.41) is 16.8. The molecular formula is C16H30IN3O2. The number of rotatable bonds is 7. The molecular weight excluding hydrogens is 393 g/mol. The number of aliphatic imine (C=N–C) groups is 1. The highest BCUT2D eigenvalue weighted by molar-refractivity contribution is 14.0.